The third-order valence-corrected chi connectivity index (χ3v) is 3.23. The Morgan fingerprint density at radius 1 is 1.22 bits per heavy atom. The molecular weight excluding hydrogens is 303 g/mol. The number of piperazine rings is 1. The van der Waals surface area contributed by atoms with Gasteiger partial charge in [0.1, 0.15) is 12.4 Å². The third kappa shape index (κ3) is 2.87. The van der Waals surface area contributed by atoms with E-state index >= 15 is 0 Å². The molecule has 0 radical (unpaired) electrons. The number of carbonyl (C=O) groups is 2. The van der Waals surface area contributed by atoms with E-state index in [0.717, 1.165) is 0 Å². The SMILES string of the molecule is CN1CC(=O)N(Cc2cc(F)cc(Br)c2)CC1=O. The molecule has 0 unspecified atom stereocenters. The topological polar surface area (TPSA) is 40.6 Å². The van der Waals surface area contributed by atoms with Gasteiger partial charge >= 0.3 is 0 Å². The molecule has 0 aliphatic carbocycles. The molecule has 1 fully saturated rings. The van der Waals surface area contributed by atoms with Crippen molar-refractivity contribution in [2.24, 2.45) is 0 Å². The van der Waals surface area contributed by atoms with Gasteiger partial charge in [-0.3, -0.25) is 9.59 Å². The maximum atomic E-state index is 13.2. The molecule has 1 aliphatic heterocycles. The van der Waals surface area contributed by atoms with Crippen molar-refractivity contribution in [3.63, 3.8) is 0 Å². The first-order chi connectivity index (χ1) is 8.45. The standard InChI is InChI=1S/C12H12BrFN2O2/c1-15-6-12(18)16(7-11(15)17)5-8-2-9(13)4-10(14)3-8/h2-4H,5-7H2,1H3. The first-order valence-electron chi connectivity index (χ1n) is 5.42. The zero-order valence-corrected chi connectivity index (χ0v) is 11.4. The Kier molecular flexibility index (Phi) is 3.65. The fraction of sp³-hybridized carbons (Fsp3) is 0.333. The van der Waals surface area contributed by atoms with Crippen molar-refractivity contribution in [3.05, 3.63) is 34.1 Å². The minimum Gasteiger partial charge on any atom is -0.335 e. The van der Waals surface area contributed by atoms with E-state index in [9.17, 15) is 14.0 Å². The smallest absolute Gasteiger partial charge is 0.242 e. The highest BCUT2D eigenvalue weighted by atomic mass is 79.9. The fourth-order valence-electron chi connectivity index (χ4n) is 1.83. The molecule has 18 heavy (non-hydrogen) atoms. The number of halogens is 2. The van der Waals surface area contributed by atoms with E-state index < -0.39 is 0 Å². The third-order valence-electron chi connectivity index (χ3n) is 2.77. The van der Waals surface area contributed by atoms with Crippen molar-refractivity contribution in [2.75, 3.05) is 20.1 Å². The van der Waals surface area contributed by atoms with Crippen LogP contribution in [0.5, 0.6) is 0 Å². The highest BCUT2D eigenvalue weighted by molar-refractivity contribution is 9.10. The van der Waals surface area contributed by atoms with Gasteiger partial charge in [-0.1, -0.05) is 15.9 Å². The summed E-state index contributed by atoms with van der Waals surface area (Å²) in [7, 11) is 1.59. The molecule has 1 aromatic rings. The Morgan fingerprint density at radius 3 is 2.61 bits per heavy atom. The molecule has 0 atom stereocenters. The molecule has 96 valence electrons. The average Bonchev–Trinajstić information content (AvgIpc) is 2.24. The first kappa shape index (κ1) is 13.0. The number of hydrogen-bond acceptors (Lipinski definition) is 2. The second-order valence-electron chi connectivity index (χ2n) is 4.28. The van der Waals surface area contributed by atoms with Crippen LogP contribution in [0.2, 0.25) is 0 Å². The van der Waals surface area contributed by atoms with E-state index in [1.807, 2.05) is 0 Å². The molecule has 1 saturated heterocycles. The van der Waals surface area contributed by atoms with E-state index in [4.69, 9.17) is 0 Å². The summed E-state index contributed by atoms with van der Waals surface area (Å²) in [4.78, 5) is 26.1. The summed E-state index contributed by atoms with van der Waals surface area (Å²) in [6, 6.07) is 4.44. The average molecular weight is 315 g/mol. The number of nitrogens with zero attached hydrogens (tertiary/aromatic N) is 2. The minimum absolute atomic E-state index is 0.0451. The zero-order valence-electron chi connectivity index (χ0n) is 9.82. The van der Waals surface area contributed by atoms with Gasteiger partial charge in [-0.15, -0.1) is 0 Å². The number of likely N-dealkylation sites (N-methyl/N-ethyl adjacent to an activating group) is 1. The van der Waals surface area contributed by atoms with Crippen LogP contribution in [0.1, 0.15) is 5.56 Å². The lowest BCUT2D eigenvalue weighted by molar-refractivity contribution is -0.149. The van der Waals surface area contributed by atoms with E-state index in [0.29, 0.717) is 10.0 Å². The van der Waals surface area contributed by atoms with Crippen LogP contribution >= 0.6 is 15.9 Å². The van der Waals surface area contributed by atoms with Gasteiger partial charge in [0.2, 0.25) is 11.8 Å². The summed E-state index contributed by atoms with van der Waals surface area (Å²) in [5, 5.41) is 0. The predicted octanol–water partition coefficient (Wildman–Crippen LogP) is 1.39. The van der Waals surface area contributed by atoms with Crippen LogP contribution in [0.15, 0.2) is 22.7 Å². The van der Waals surface area contributed by atoms with E-state index in [2.05, 4.69) is 15.9 Å². The lowest BCUT2D eigenvalue weighted by Crippen LogP contribution is -2.51. The van der Waals surface area contributed by atoms with Crippen LogP contribution in [0, 0.1) is 5.82 Å². The molecule has 1 aliphatic rings. The molecular formula is C12H12BrFN2O2. The van der Waals surface area contributed by atoms with Gasteiger partial charge in [0.25, 0.3) is 0 Å². The minimum atomic E-state index is -0.368. The van der Waals surface area contributed by atoms with Crippen LogP contribution in [-0.4, -0.2) is 41.8 Å². The van der Waals surface area contributed by atoms with E-state index in [-0.39, 0.29) is 37.3 Å². The second kappa shape index (κ2) is 5.06. The van der Waals surface area contributed by atoms with E-state index in [1.54, 1.807) is 13.1 Å². The molecule has 0 aromatic heterocycles. The number of hydrogen-bond donors (Lipinski definition) is 0. The lowest BCUT2D eigenvalue weighted by atomic mass is 10.2. The van der Waals surface area contributed by atoms with Gasteiger partial charge in [-0.2, -0.15) is 0 Å². The summed E-state index contributed by atoms with van der Waals surface area (Å²) < 4.78 is 13.8. The summed E-state index contributed by atoms with van der Waals surface area (Å²) in [6.45, 7) is 0.369. The van der Waals surface area contributed by atoms with Crippen molar-refractivity contribution in [1.82, 2.24) is 9.80 Å². The molecule has 1 heterocycles. The molecule has 0 N–H and O–H groups in total. The summed E-state index contributed by atoms with van der Waals surface area (Å²) in [5.41, 5.74) is 0.660. The molecule has 2 amide bonds. The van der Waals surface area contributed by atoms with Crippen molar-refractivity contribution in [1.29, 1.82) is 0 Å². The van der Waals surface area contributed by atoms with Crippen molar-refractivity contribution >= 4 is 27.7 Å². The summed E-state index contributed by atoms with van der Waals surface area (Å²) >= 11 is 3.20. The molecule has 0 spiro atoms. The lowest BCUT2D eigenvalue weighted by Gasteiger charge is -2.31. The Hall–Kier alpha value is -1.43. The highest BCUT2D eigenvalue weighted by Crippen LogP contribution is 2.17. The van der Waals surface area contributed by atoms with Crippen LogP contribution in [0.4, 0.5) is 4.39 Å². The normalized spacial score (nSPS) is 16.4. The molecule has 6 heteroatoms. The van der Waals surface area contributed by atoms with Crippen molar-refractivity contribution in [3.8, 4) is 0 Å². The number of rotatable bonds is 2. The fourth-order valence-corrected chi connectivity index (χ4v) is 2.34. The molecule has 1 aromatic carbocycles. The second-order valence-corrected chi connectivity index (χ2v) is 5.19. The van der Waals surface area contributed by atoms with E-state index in [1.165, 1.54) is 21.9 Å². The van der Waals surface area contributed by atoms with Crippen LogP contribution < -0.4 is 0 Å². The van der Waals surface area contributed by atoms with Gasteiger partial charge in [-0.25, -0.2) is 4.39 Å². The van der Waals surface area contributed by atoms with Gasteiger partial charge < -0.3 is 9.80 Å². The summed E-state index contributed by atoms with van der Waals surface area (Å²) in [6.07, 6.45) is 0. The van der Waals surface area contributed by atoms with Crippen molar-refractivity contribution in [2.45, 2.75) is 6.54 Å². The molecule has 0 bridgehead atoms. The number of carbonyl (C=O) groups excluding carboxylic acids is 2. The Balaban J connectivity index is 2.13. The Morgan fingerprint density at radius 2 is 1.94 bits per heavy atom. The predicted molar refractivity (Wildman–Crippen MR) is 67.2 cm³/mol. The Bertz CT molecular complexity index is 487. The number of amides is 2. The van der Waals surface area contributed by atoms with Crippen LogP contribution in [0.3, 0.4) is 0 Å². The maximum Gasteiger partial charge on any atom is 0.242 e. The van der Waals surface area contributed by atoms with Crippen LogP contribution in [0.25, 0.3) is 0 Å². The first-order valence-corrected chi connectivity index (χ1v) is 6.22. The quantitative estimate of drug-likeness (QED) is 0.827. The molecule has 0 saturated carbocycles. The van der Waals surface area contributed by atoms with Gasteiger partial charge in [0.05, 0.1) is 6.54 Å². The maximum absolute atomic E-state index is 13.2. The molecule has 4 nitrogen and oxygen atoms in total. The largest absolute Gasteiger partial charge is 0.335 e. The monoisotopic (exact) mass is 314 g/mol. The van der Waals surface area contributed by atoms with Gasteiger partial charge in [-0.05, 0) is 23.8 Å². The van der Waals surface area contributed by atoms with Crippen LogP contribution in [-0.2, 0) is 16.1 Å². The Labute approximate surface area is 112 Å². The highest BCUT2D eigenvalue weighted by Gasteiger charge is 2.27. The molecule has 2 rings (SSSR count). The summed E-state index contributed by atoms with van der Waals surface area (Å²) in [5.74, 6) is -0.602. The zero-order chi connectivity index (χ0) is 13.3. The van der Waals surface area contributed by atoms with Gasteiger partial charge in [0.15, 0.2) is 0 Å². The number of benzene rings is 1. The van der Waals surface area contributed by atoms with Crippen molar-refractivity contribution < 1.29 is 14.0 Å². The van der Waals surface area contributed by atoms with Gasteiger partial charge in [0, 0.05) is 18.1 Å².